The van der Waals surface area contributed by atoms with E-state index in [1.165, 1.54) is 5.56 Å². The summed E-state index contributed by atoms with van der Waals surface area (Å²) < 4.78 is 2.02. The molecular formula is C22H26N4O2. The Kier molecular flexibility index (Phi) is 4.23. The van der Waals surface area contributed by atoms with E-state index < -0.39 is 12.2 Å². The van der Waals surface area contributed by atoms with Crippen molar-refractivity contribution in [3.8, 4) is 0 Å². The van der Waals surface area contributed by atoms with Gasteiger partial charge in [-0.25, -0.2) is 9.97 Å². The molecule has 1 aliphatic carbocycles. The van der Waals surface area contributed by atoms with Crippen LogP contribution in [0.25, 0.3) is 11.0 Å². The van der Waals surface area contributed by atoms with Crippen LogP contribution in [0, 0.1) is 12.3 Å². The highest BCUT2D eigenvalue weighted by Crippen LogP contribution is 2.50. The highest BCUT2D eigenvalue weighted by molar-refractivity contribution is 5.78. The van der Waals surface area contributed by atoms with Crippen molar-refractivity contribution in [2.24, 2.45) is 5.41 Å². The van der Waals surface area contributed by atoms with Crippen LogP contribution in [-0.4, -0.2) is 49.5 Å². The predicted octanol–water partition coefficient (Wildman–Crippen LogP) is 2.00. The van der Waals surface area contributed by atoms with Crippen LogP contribution in [0.2, 0.25) is 0 Å². The molecule has 0 radical (unpaired) electrons. The Bertz CT molecular complexity index is 989. The molecule has 28 heavy (non-hydrogen) atoms. The fraction of sp³-hybridized carbons (Fsp3) is 0.455. The summed E-state index contributed by atoms with van der Waals surface area (Å²) in [7, 11) is 0. The standard InChI is InChI=1S/C22H26N4O2/c1-14-17-7-8-26(21(17)25-13-24-14)18-11-22(20(28)19(18)27)10-16(23-12-22)9-15-5-3-2-4-6-15/h2-8,13,16,18-20,23,27-28H,9-12H2,1H3/t16-,18-,19+,20+,22+/m1/s1. The maximum absolute atomic E-state index is 11.0. The van der Waals surface area contributed by atoms with Crippen molar-refractivity contribution in [2.75, 3.05) is 6.54 Å². The van der Waals surface area contributed by atoms with Crippen molar-refractivity contribution in [2.45, 2.75) is 50.5 Å². The number of benzene rings is 1. The van der Waals surface area contributed by atoms with E-state index in [1.54, 1.807) is 6.33 Å². The molecule has 0 bridgehead atoms. The first-order valence-electron chi connectivity index (χ1n) is 9.99. The molecule has 6 heteroatoms. The smallest absolute Gasteiger partial charge is 0.143 e. The van der Waals surface area contributed by atoms with E-state index in [0.29, 0.717) is 6.04 Å². The number of hydrogen-bond acceptors (Lipinski definition) is 5. The lowest BCUT2D eigenvalue weighted by atomic mass is 9.80. The second-order valence-electron chi connectivity index (χ2n) is 8.46. The Morgan fingerprint density at radius 2 is 1.96 bits per heavy atom. The van der Waals surface area contributed by atoms with Gasteiger partial charge < -0.3 is 20.1 Å². The van der Waals surface area contributed by atoms with Crippen molar-refractivity contribution >= 4 is 11.0 Å². The molecule has 5 atom stereocenters. The van der Waals surface area contributed by atoms with Gasteiger partial charge in [0, 0.05) is 29.6 Å². The number of aliphatic hydroxyl groups excluding tert-OH is 2. The molecule has 1 aliphatic heterocycles. The van der Waals surface area contributed by atoms with Gasteiger partial charge in [0.2, 0.25) is 0 Å². The number of fused-ring (bicyclic) bond motifs is 1. The van der Waals surface area contributed by atoms with Crippen molar-refractivity contribution < 1.29 is 10.2 Å². The summed E-state index contributed by atoms with van der Waals surface area (Å²) in [5, 5.41) is 26.5. The van der Waals surface area contributed by atoms with E-state index in [0.717, 1.165) is 42.5 Å². The summed E-state index contributed by atoms with van der Waals surface area (Å²) in [6.45, 7) is 2.69. The summed E-state index contributed by atoms with van der Waals surface area (Å²) in [5.74, 6) is 0. The van der Waals surface area contributed by atoms with Crippen molar-refractivity contribution in [3.63, 3.8) is 0 Å². The SMILES string of the molecule is Cc1ncnc2c1ccn2[C@@H]1C[C@@]2(CN[C@H](Cc3ccccc3)C2)[C@@H](O)[C@H]1O. The van der Waals surface area contributed by atoms with Gasteiger partial charge in [0.05, 0.1) is 17.8 Å². The fourth-order valence-corrected chi connectivity index (χ4v) is 5.26. The van der Waals surface area contributed by atoms with Gasteiger partial charge >= 0.3 is 0 Å². The van der Waals surface area contributed by atoms with E-state index in [4.69, 9.17) is 0 Å². The number of aromatic nitrogens is 3. The minimum absolute atomic E-state index is 0.181. The maximum atomic E-state index is 11.0. The topological polar surface area (TPSA) is 83.2 Å². The van der Waals surface area contributed by atoms with Crippen molar-refractivity contribution in [1.29, 1.82) is 0 Å². The summed E-state index contributed by atoms with van der Waals surface area (Å²) in [5.41, 5.74) is 2.75. The molecule has 2 aromatic heterocycles. The van der Waals surface area contributed by atoms with Crippen LogP contribution in [-0.2, 0) is 6.42 Å². The normalized spacial score (nSPS) is 32.5. The minimum atomic E-state index is -0.803. The zero-order chi connectivity index (χ0) is 19.3. The van der Waals surface area contributed by atoms with E-state index >= 15 is 0 Å². The summed E-state index contributed by atoms with van der Waals surface area (Å²) >= 11 is 0. The molecule has 6 nitrogen and oxygen atoms in total. The Morgan fingerprint density at radius 1 is 1.14 bits per heavy atom. The summed E-state index contributed by atoms with van der Waals surface area (Å²) in [4.78, 5) is 8.69. The highest BCUT2D eigenvalue weighted by atomic mass is 16.3. The maximum Gasteiger partial charge on any atom is 0.143 e. The first kappa shape index (κ1) is 17.8. The van der Waals surface area contributed by atoms with Gasteiger partial charge in [-0.15, -0.1) is 0 Å². The van der Waals surface area contributed by atoms with Crippen LogP contribution < -0.4 is 5.32 Å². The van der Waals surface area contributed by atoms with Gasteiger partial charge in [0.25, 0.3) is 0 Å². The van der Waals surface area contributed by atoms with E-state index in [2.05, 4.69) is 39.6 Å². The van der Waals surface area contributed by atoms with Gasteiger partial charge in [-0.2, -0.15) is 0 Å². The van der Waals surface area contributed by atoms with E-state index in [-0.39, 0.29) is 11.5 Å². The summed E-state index contributed by atoms with van der Waals surface area (Å²) in [6.07, 6.45) is 4.53. The van der Waals surface area contributed by atoms with E-state index in [9.17, 15) is 10.2 Å². The van der Waals surface area contributed by atoms with Crippen LogP contribution in [0.15, 0.2) is 48.9 Å². The monoisotopic (exact) mass is 378 g/mol. The number of rotatable bonds is 3. The lowest BCUT2D eigenvalue weighted by Crippen LogP contribution is -2.38. The van der Waals surface area contributed by atoms with Gasteiger partial charge in [0.1, 0.15) is 18.1 Å². The Morgan fingerprint density at radius 3 is 2.79 bits per heavy atom. The molecule has 3 aromatic rings. The molecule has 2 aliphatic rings. The Labute approximate surface area is 164 Å². The molecule has 1 aromatic carbocycles. The van der Waals surface area contributed by atoms with Gasteiger partial charge in [-0.1, -0.05) is 30.3 Å². The third-order valence-corrected chi connectivity index (χ3v) is 6.75. The van der Waals surface area contributed by atoms with Gasteiger partial charge in [-0.05, 0) is 37.8 Å². The molecule has 0 amide bonds. The number of aryl methyl sites for hydroxylation is 1. The molecule has 2 fully saturated rings. The molecular weight excluding hydrogens is 352 g/mol. The van der Waals surface area contributed by atoms with Crippen LogP contribution in [0.5, 0.6) is 0 Å². The zero-order valence-corrected chi connectivity index (χ0v) is 16.0. The van der Waals surface area contributed by atoms with Crippen molar-refractivity contribution in [3.05, 3.63) is 60.2 Å². The van der Waals surface area contributed by atoms with E-state index in [1.807, 2.05) is 29.8 Å². The van der Waals surface area contributed by atoms with Crippen molar-refractivity contribution in [1.82, 2.24) is 19.9 Å². The molecule has 3 N–H and O–H groups in total. The minimum Gasteiger partial charge on any atom is -0.390 e. The van der Waals surface area contributed by atoms with Gasteiger partial charge in [-0.3, -0.25) is 0 Å². The average molecular weight is 378 g/mol. The quantitative estimate of drug-likeness (QED) is 0.649. The highest BCUT2D eigenvalue weighted by Gasteiger charge is 2.56. The Hall–Kier alpha value is -2.28. The first-order valence-corrected chi connectivity index (χ1v) is 9.99. The molecule has 5 rings (SSSR count). The third kappa shape index (κ3) is 2.75. The van der Waals surface area contributed by atoms with Crippen LogP contribution in [0.3, 0.4) is 0 Å². The molecule has 1 saturated heterocycles. The summed E-state index contributed by atoms with van der Waals surface area (Å²) in [6, 6.07) is 12.6. The van der Waals surface area contributed by atoms with Crippen LogP contribution in [0.1, 0.15) is 30.1 Å². The Balaban J connectivity index is 1.40. The molecule has 146 valence electrons. The second kappa shape index (κ2) is 6.65. The number of aliphatic hydroxyl groups is 2. The molecule has 1 saturated carbocycles. The number of nitrogens with zero attached hydrogens (tertiary/aromatic N) is 3. The lowest BCUT2D eigenvalue weighted by molar-refractivity contribution is -0.0217. The van der Waals surface area contributed by atoms with Crippen LogP contribution >= 0.6 is 0 Å². The molecule has 0 unspecified atom stereocenters. The fourth-order valence-electron chi connectivity index (χ4n) is 5.26. The predicted molar refractivity (Wildman–Crippen MR) is 107 cm³/mol. The number of nitrogens with one attached hydrogen (secondary N) is 1. The second-order valence-corrected chi connectivity index (χ2v) is 8.46. The number of hydrogen-bond donors (Lipinski definition) is 3. The molecule has 3 heterocycles. The van der Waals surface area contributed by atoms with Crippen LogP contribution in [0.4, 0.5) is 0 Å². The largest absolute Gasteiger partial charge is 0.390 e. The zero-order valence-electron chi connectivity index (χ0n) is 16.0. The lowest BCUT2D eigenvalue weighted by Gasteiger charge is -2.27. The third-order valence-electron chi connectivity index (χ3n) is 6.75. The van der Waals surface area contributed by atoms with Gasteiger partial charge in [0.15, 0.2) is 0 Å². The average Bonchev–Trinajstić information content (AvgIpc) is 3.37. The molecule has 1 spiro atoms. The first-order chi connectivity index (χ1) is 13.6.